The van der Waals surface area contributed by atoms with Crippen LogP contribution in [0.3, 0.4) is 0 Å². The first-order chi connectivity index (χ1) is 6.55. The van der Waals surface area contributed by atoms with Gasteiger partial charge in [-0.05, 0) is 33.2 Å². The van der Waals surface area contributed by atoms with Crippen LogP contribution in [-0.4, -0.2) is 39.6 Å². The van der Waals surface area contributed by atoms with Crippen molar-refractivity contribution in [2.45, 2.75) is 51.7 Å². The molecule has 1 fully saturated rings. The molecule has 1 aliphatic heterocycles. The highest BCUT2D eigenvalue weighted by molar-refractivity contribution is 6.63. The molecule has 2 atom stereocenters. The number of hydrogen-bond acceptors (Lipinski definition) is 3. The molecule has 0 saturated carbocycles. The van der Waals surface area contributed by atoms with E-state index < -0.39 is 8.72 Å². The Morgan fingerprint density at radius 3 is 1.86 bits per heavy atom. The van der Waals surface area contributed by atoms with Crippen LogP contribution in [-0.2, 0) is 8.85 Å². The van der Waals surface area contributed by atoms with Gasteiger partial charge in [0.15, 0.2) is 0 Å². The molecule has 4 heteroatoms. The van der Waals surface area contributed by atoms with Gasteiger partial charge in [-0.25, -0.2) is 0 Å². The SMILES string of the molecule is CO[Si](C)(OC)N1C(C)CCCC1C. The zero-order chi connectivity index (χ0) is 10.8. The lowest BCUT2D eigenvalue weighted by atomic mass is 10.0. The van der Waals surface area contributed by atoms with Crippen molar-refractivity contribution in [1.29, 1.82) is 0 Å². The Kier molecular flexibility index (Phi) is 4.12. The van der Waals surface area contributed by atoms with Crippen molar-refractivity contribution in [2.24, 2.45) is 0 Å². The third-order valence-electron chi connectivity index (χ3n) is 3.42. The van der Waals surface area contributed by atoms with Gasteiger partial charge in [0, 0.05) is 26.3 Å². The summed E-state index contributed by atoms with van der Waals surface area (Å²) >= 11 is 0. The van der Waals surface area contributed by atoms with Crippen molar-refractivity contribution >= 4 is 8.72 Å². The van der Waals surface area contributed by atoms with E-state index in [0.717, 1.165) is 0 Å². The maximum absolute atomic E-state index is 5.61. The number of rotatable bonds is 3. The molecule has 1 saturated heterocycles. The molecule has 3 nitrogen and oxygen atoms in total. The van der Waals surface area contributed by atoms with Crippen molar-refractivity contribution in [3.63, 3.8) is 0 Å². The Hall–Kier alpha value is 0.0969. The Balaban J connectivity index is 2.80. The second-order valence-electron chi connectivity index (χ2n) is 4.34. The first kappa shape index (κ1) is 12.2. The van der Waals surface area contributed by atoms with Gasteiger partial charge < -0.3 is 8.85 Å². The molecule has 1 heterocycles. The summed E-state index contributed by atoms with van der Waals surface area (Å²) in [6, 6.07) is 1.19. The molecule has 0 bridgehead atoms. The Bertz CT molecular complexity index is 175. The highest BCUT2D eigenvalue weighted by Crippen LogP contribution is 2.28. The number of hydrogen-bond donors (Lipinski definition) is 0. The van der Waals surface area contributed by atoms with Crippen LogP contribution in [0.2, 0.25) is 6.55 Å². The first-order valence-corrected chi connectivity index (χ1v) is 7.70. The second-order valence-corrected chi connectivity index (χ2v) is 7.47. The third kappa shape index (κ3) is 2.19. The average Bonchev–Trinajstić information content (AvgIpc) is 2.17. The summed E-state index contributed by atoms with van der Waals surface area (Å²) in [6.07, 6.45) is 3.86. The molecule has 0 aromatic heterocycles. The average molecular weight is 217 g/mol. The zero-order valence-corrected chi connectivity index (χ0v) is 11.0. The zero-order valence-electron chi connectivity index (χ0n) is 10.0. The van der Waals surface area contributed by atoms with Crippen molar-refractivity contribution in [1.82, 2.24) is 4.57 Å². The third-order valence-corrected chi connectivity index (χ3v) is 6.75. The fraction of sp³-hybridized carbons (Fsp3) is 1.00. The van der Waals surface area contributed by atoms with E-state index in [1.807, 2.05) is 0 Å². The smallest absolute Gasteiger partial charge is 0.386 e. The molecule has 1 rings (SSSR count). The van der Waals surface area contributed by atoms with E-state index in [9.17, 15) is 0 Å². The van der Waals surface area contributed by atoms with Crippen LogP contribution in [0, 0.1) is 0 Å². The van der Waals surface area contributed by atoms with Gasteiger partial charge in [0.1, 0.15) is 0 Å². The van der Waals surface area contributed by atoms with Gasteiger partial charge in [-0.15, -0.1) is 0 Å². The predicted molar refractivity (Wildman–Crippen MR) is 60.3 cm³/mol. The minimum Gasteiger partial charge on any atom is -0.386 e. The molecular weight excluding hydrogens is 194 g/mol. The quantitative estimate of drug-likeness (QED) is 0.676. The molecule has 0 aromatic rings. The molecule has 0 aliphatic carbocycles. The van der Waals surface area contributed by atoms with Gasteiger partial charge in [-0.1, -0.05) is 6.42 Å². The monoisotopic (exact) mass is 217 g/mol. The summed E-state index contributed by atoms with van der Waals surface area (Å²) < 4.78 is 13.7. The van der Waals surface area contributed by atoms with Crippen molar-refractivity contribution in [3.8, 4) is 0 Å². The molecule has 14 heavy (non-hydrogen) atoms. The fourth-order valence-corrected chi connectivity index (χ4v) is 4.96. The standard InChI is InChI=1S/C10H23NO2Si/c1-9-7-6-8-10(2)11(9)14(5,12-3)13-4/h9-10H,6-8H2,1-5H3. The van der Waals surface area contributed by atoms with Crippen LogP contribution in [0.15, 0.2) is 0 Å². The van der Waals surface area contributed by atoms with Gasteiger partial charge in [0.2, 0.25) is 0 Å². The van der Waals surface area contributed by atoms with Crippen molar-refractivity contribution < 1.29 is 8.85 Å². The molecule has 0 aromatic carbocycles. The lowest BCUT2D eigenvalue weighted by Crippen LogP contribution is -2.63. The van der Waals surface area contributed by atoms with Crippen LogP contribution in [0.25, 0.3) is 0 Å². The van der Waals surface area contributed by atoms with Crippen LogP contribution in [0.4, 0.5) is 0 Å². The maximum Gasteiger partial charge on any atom is 0.424 e. The lowest BCUT2D eigenvalue weighted by molar-refractivity contribution is 0.0935. The number of piperidine rings is 1. The van der Waals surface area contributed by atoms with E-state index in [1.165, 1.54) is 19.3 Å². The first-order valence-electron chi connectivity index (χ1n) is 5.44. The molecule has 0 amide bonds. The molecule has 84 valence electrons. The Labute approximate surface area is 88.7 Å². The highest BCUT2D eigenvalue weighted by atomic mass is 28.4. The van der Waals surface area contributed by atoms with Gasteiger partial charge in [0.25, 0.3) is 0 Å². The summed E-state index contributed by atoms with van der Waals surface area (Å²) in [4.78, 5) is 0. The summed E-state index contributed by atoms with van der Waals surface area (Å²) in [5, 5.41) is 0. The summed E-state index contributed by atoms with van der Waals surface area (Å²) in [6.45, 7) is 6.68. The van der Waals surface area contributed by atoms with Crippen LogP contribution in [0.5, 0.6) is 0 Å². The molecule has 0 radical (unpaired) electrons. The Morgan fingerprint density at radius 1 is 1.07 bits per heavy atom. The fourth-order valence-electron chi connectivity index (χ4n) is 2.52. The highest BCUT2D eigenvalue weighted by Gasteiger charge is 2.44. The molecule has 2 unspecified atom stereocenters. The van der Waals surface area contributed by atoms with Gasteiger partial charge in [0.05, 0.1) is 0 Å². The predicted octanol–water partition coefficient (Wildman–Crippen LogP) is 2.11. The summed E-state index contributed by atoms with van der Waals surface area (Å²) in [5.41, 5.74) is 0. The van der Waals surface area contributed by atoms with E-state index in [1.54, 1.807) is 14.2 Å². The van der Waals surface area contributed by atoms with E-state index in [0.29, 0.717) is 12.1 Å². The second kappa shape index (κ2) is 4.75. The summed E-state index contributed by atoms with van der Waals surface area (Å²) in [5.74, 6) is 0. The van der Waals surface area contributed by atoms with Crippen LogP contribution >= 0.6 is 0 Å². The largest absolute Gasteiger partial charge is 0.424 e. The van der Waals surface area contributed by atoms with Crippen molar-refractivity contribution in [2.75, 3.05) is 14.2 Å². The maximum atomic E-state index is 5.61. The molecular formula is C10H23NO2Si. The summed E-state index contributed by atoms with van der Waals surface area (Å²) in [7, 11) is 1.45. The minimum absolute atomic E-state index is 0.593. The van der Waals surface area contributed by atoms with Gasteiger partial charge in [-0.2, -0.15) is 0 Å². The van der Waals surface area contributed by atoms with Crippen molar-refractivity contribution in [3.05, 3.63) is 0 Å². The normalized spacial score (nSPS) is 30.6. The lowest BCUT2D eigenvalue weighted by Gasteiger charge is -2.46. The topological polar surface area (TPSA) is 21.7 Å². The Morgan fingerprint density at radius 2 is 1.50 bits per heavy atom. The molecule has 0 N–H and O–H groups in total. The molecule has 1 aliphatic rings. The van der Waals surface area contributed by atoms with E-state index >= 15 is 0 Å². The van der Waals surface area contributed by atoms with Crippen LogP contribution in [0.1, 0.15) is 33.1 Å². The number of nitrogens with zero attached hydrogens (tertiary/aromatic N) is 1. The van der Waals surface area contributed by atoms with Crippen LogP contribution < -0.4 is 0 Å². The van der Waals surface area contributed by atoms with E-state index in [2.05, 4.69) is 25.0 Å². The van der Waals surface area contributed by atoms with Gasteiger partial charge in [-0.3, -0.25) is 4.57 Å². The minimum atomic E-state index is -2.09. The van der Waals surface area contributed by atoms with Gasteiger partial charge >= 0.3 is 8.72 Å². The molecule has 0 spiro atoms. The van der Waals surface area contributed by atoms with E-state index in [4.69, 9.17) is 8.85 Å². The van der Waals surface area contributed by atoms with E-state index in [-0.39, 0.29) is 0 Å².